The smallest absolute Gasteiger partial charge is 0.150 e. The molecule has 0 unspecified atom stereocenters. The van der Waals surface area contributed by atoms with Crippen molar-refractivity contribution in [3.05, 3.63) is 33.4 Å². The van der Waals surface area contributed by atoms with Gasteiger partial charge in [-0.25, -0.2) is 0 Å². The fourth-order valence-corrected chi connectivity index (χ4v) is 0.901. The summed E-state index contributed by atoms with van der Waals surface area (Å²) in [6.07, 6.45) is 0.843. The molecular formula is C7H5IO. The first-order valence-electron chi connectivity index (χ1n) is 2.53. The molecule has 1 aromatic carbocycles. The van der Waals surface area contributed by atoms with Crippen LogP contribution in [0.1, 0.15) is 10.4 Å². The largest absolute Gasteiger partial charge is 0.298 e. The van der Waals surface area contributed by atoms with Crippen molar-refractivity contribution in [3.8, 4) is 0 Å². The van der Waals surface area contributed by atoms with Crippen molar-refractivity contribution in [1.29, 1.82) is 0 Å². The van der Waals surface area contributed by atoms with Crippen LogP contribution in [0, 0.1) is 3.57 Å². The normalized spacial score (nSPS) is 9.00. The molecule has 0 N–H and O–H groups in total. The van der Waals surface area contributed by atoms with Gasteiger partial charge in [0.25, 0.3) is 0 Å². The zero-order valence-corrected chi connectivity index (χ0v) is 6.83. The summed E-state index contributed by atoms with van der Waals surface area (Å²) in [5.41, 5.74) is 0.732. The minimum absolute atomic E-state index is 0.732. The molecule has 0 bridgehead atoms. The van der Waals surface area contributed by atoms with Crippen molar-refractivity contribution in [3.63, 3.8) is 0 Å². The van der Waals surface area contributed by atoms with Crippen LogP contribution in [0.4, 0.5) is 0 Å². The maximum Gasteiger partial charge on any atom is 0.150 e. The van der Waals surface area contributed by atoms with E-state index in [4.69, 9.17) is 0 Å². The summed E-state index contributed by atoms with van der Waals surface area (Å²) >= 11 is 2.20. The molecule has 0 amide bonds. The van der Waals surface area contributed by atoms with Gasteiger partial charge < -0.3 is 0 Å². The minimum Gasteiger partial charge on any atom is -0.298 e. The van der Waals surface area contributed by atoms with E-state index in [2.05, 4.69) is 22.6 Å². The number of carbonyl (C=O) groups is 1. The standard InChI is InChI=1S/C7H5IO/c8-7-3-1-6(5-9)2-4-7/h1-5H/i5+1. The van der Waals surface area contributed by atoms with Gasteiger partial charge in [-0.15, -0.1) is 0 Å². The first-order chi connectivity index (χ1) is 4.33. The molecule has 0 aliphatic heterocycles. The Morgan fingerprint density at radius 2 is 1.78 bits per heavy atom. The minimum atomic E-state index is 0.732. The number of carbonyl (C=O) groups excluding carboxylic acids is 1. The second-order valence-electron chi connectivity index (χ2n) is 1.67. The predicted octanol–water partition coefficient (Wildman–Crippen LogP) is 2.10. The van der Waals surface area contributed by atoms with E-state index < -0.39 is 0 Å². The number of aldehydes is 1. The lowest BCUT2D eigenvalue weighted by Crippen LogP contribution is -1.76. The van der Waals surface area contributed by atoms with Crippen LogP contribution >= 0.6 is 22.6 Å². The molecule has 1 nitrogen and oxygen atoms in total. The lowest BCUT2D eigenvalue weighted by atomic mass is 10.3. The Balaban J connectivity index is 3.01. The molecule has 0 aliphatic rings. The Labute approximate surface area is 67.2 Å². The molecule has 1 rings (SSSR count). The summed E-state index contributed by atoms with van der Waals surface area (Å²) in [5.74, 6) is 0. The Kier molecular flexibility index (Phi) is 2.22. The van der Waals surface area contributed by atoms with Gasteiger partial charge in [-0.2, -0.15) is 0 Å². The quantitative estimate of drug-likeness (QED) is 0.412. The lowest BCUT2D eigenvalue weighted by molar-refractivity contribution is 0.112. The third kappa shape index (κ3) is 1.78. The van der Waals surface area contributed by atoms with E-state index in [-0.39, 0.29) is 0 Å². The summed E-state index contributed by atoms with van der Waals surface area (Å²) in [6.45, 7) is 0. The fourth-order valence-electron chi connectivity index (χ4n) is 0.541. The molecular weight excluding hydrogens is 228 g/mol. The van der Waals surface area contributed by atoms with Crippen molar-refractivity contribution in [1.82, 2.24) is 0 Å². The third-order valence-corrected chi connectivity index (χ3v) is 1.73. The van der Waals surface area contributed by atoms with Crippen molar-refractivity contribution in [2.45, 2.75) is 0 Å². The first-order valence-corrected chi connectivity index (χ1v) is 3.61. The summed E-state index contributed by atoms with van der Waals surface area (Å²) < 4.78 is 1.15. The van der Waals surface area contributed by atoms with Gasteiger partial charge in [0, 0.05) is 9.13 Å². The summed E-state index contributed by atoms with van der Waals surface area (Å²) in [5, 5.41) is 0. The molecule has 0 aliphatic carbocycles. The van der Waals surface area contributed by atoms with Crippen molar-refractivity contribution >= 4 is 28.9 Å². The van der Waals surface area contributed by atoms with Crippen molar-refractivity contribution in [2.75, 3.05) is 0 Å². The van der Waals surface area contributed by atoms with Gasteiger partial charge in [-0.1, -0.05) is 12.1 Å². The van der Waals surface area contributed by atoms with Gasteiger partial charge in [0.15, 0.2) is 0 Å². The zero-order chi connectivity index (χ0) is 6.69. The first kappa shape index (κ1) is 6.74. The van der Waals surface area contributed by atoms with E-state index in [1.807, 2.05) is 12.1 Å². The maximum atomic E-state index is 10.1. The monoisotopic (exact) mass is 233 g/mol. The van der Waals surface area contributed by atoms with Crippen LogP contribution in [0.2, 0.25) is 0 Å². The van der Waals surface area contributed by atoms with Crippen LogP contribution < -0.4 is 0 Å². The topological polar surface area (TPSA) is 17.1 Å². The van der Waals surface area contributed by atoms with E-state index in [1.165, 1.54) is 0 Å². The van der Waals surface area contributed by atoms with Crippen LogP contribution in [-0.4, -0.2) is 6.29 Å². The van der Waals surface area contributed by atoms with Gasteiger partial charge in [0.2, 0.25) is 0 Å². The molecule has 0 saturated heterocycles. The Morgan fingerprint density at radius 3 is 2.22 bits per heavy atom. The molecule has 0 radical (unpaired) electrons. The highest BCUT2D eigenvalue weighted by Crippen LogP contribution is 2.04. The Morgan fingerprint density at radius 1 is 1.22 bits per heavy atom. The highest BCUT2D eigenvalue weighted by Gasteiger charge is 1.86. The molecule has 0 heterocycles. The maximum absolute atomic E-state index is 10.1. The lowest BCUT2D eigenvalue weighted by Gasteiger charge is -1.87. The number of benzene rings is 1. The molecule has 2 heteroatoms. The second kappa shape index (κ2) is 2.96. The fraction of sp³-hybridized carbons (Fsp3) is 0. The summed E-state index contributed by atoms with van der Waals surface area (Å²) in [6, 6.07) is 7.41. The Bertz CT molecular complexity index is 203. The molecule has 0 fully saturated rings. The van der Waals surface area contributed by atoms with E-state index in [1.54, 1.807) is 12.1 Å². The third-order valence-electron chi connectivity index (χ3n) is 1.01. The average Bonchev–Trinajstić information content (AvgIpc) is 1.90. The van der Waals surface area contributed by atoms with Gasteiger partial charge in [0.05, 0.1) is 0 Å². The molecule has 9 heavy (non-hydrogen) atoms. The molecule has 0 saturated carbocycles. The van der Waals surface area contributed by atoms with Gasteiger partial charge in [0.1, 0.15) is 6.29 Å². The zero-order valence-electron chi connectivity index (χ0n) is 4.67. The Hall–Kier alpha value is -0.380. The van der Waals surface area contributed by atoms with Crippen molar-refractivity contribution < 1.29 is 4.79 Å². The molecule has 46 valence electrons. The number of rotatable bonds is 1. The van der Waals surface area contributed by atoms with E-state index >= 15 is 0 Å². The highest BCUT2D eigenvalue weighted by atomic mass is 127. The van der Waals surface area contributed by atoms with Gasteiger partial charge in [-0.05, 0) is 34.7 Å². The van der Waals surface area contributed by atoms with E-state index in [0.29, 0.717) is 0 Å². The number of hydrogen-bond acceptors (Lipinski definition) is 1. The number of hydrogen-bond donors (Lipinski definition) is 0. The van der Waals surface area contributed by atoms with E-state index in [0.717, 1.165) is 15.4 Å². The summed E-state index contributed by atoms with van der Waals surface area (Å²) in [4.78, 5) is 10.1. The second-order valence-corrected chi connectivity index (χ2v) is 2.92. The molecule has 0 aromatic heterocycles. The summed E-state index contributed by atoms with van der Waals surface area (Å²) in [7, 11) is 0. The van der Waals surface area contributed by atoms with Crippen LogP contribution in [0.15, 0.2) is 24.3 Å². The van der Waals surface area contributed by atoms with Crippen molar-refractivity contribution in [2.24, 2.45) is 0 Å². The molecule has 0 atom stereocenters. The molecule has 1 aromatic rings. The number of halogens is 1. The van der Waals surface area contributed by atoms with Crippen LogP contribution in [0.5, 0.6) is 0 Å². The van der Waals surface area contributed by atoms with Crippen LogP contribution in [-0.2, 0) is 0 Å². The SMILES string of the molecule is O=[13CH]c1ccc(I)cc1. The van der Waals surface area contributed by atoms with E-state index in [9.17, 15) is 4.79 Å². The van der Waals surface area contributed by atoms with Crippen LogP contribution in [0.25, 0.3) is 0 Å². The molecule has 0 spiro atoms. The van der Waals surface area contributed by atoms with Gasteiger partial charge in [-0.3, -0.25) is 4.79 Å². The van der Waals surface area contributed by atoms with Gasteiger partial charge >= 0.3 is 0 Å². The average molecular weight is 233 g/mol. The predicted molar refractivity (Wildman–Crippen MR) is 44.5 cm³/mol. The van der Waals surface area contributed by atoms with Crippen LogP contribution in [0.3, 0.4) is 0 Å². The highest BCUT2D eigenvalue weighted by molar-refractivity contribution is 14.1.